The van der Waals surface area contributed by atoms with Crippen LogP contribution >= 0.6 is 0 Å². The van der Waals surface area contributed by atoms with Crippen molar-refractivity contribution in [3.05, 3.63) is 35.4 Å². The quantitative estimate of drug-likeness (QED) is 0.725. The zero-order chi connectivity index (χ0) is 15.9. The van der Waals surface area contributed by atoms with E-state index in [1.54, 1.807) is 0 Å². The Hall–Kier alpha value is -1.92. The van der Waals surface area contributed by atoms with E-state index in [2.05, 4.69) is 10.6 Å². The van der Waals surface area contributed by atoms with E-state index in [1.165, 1.54) is 0 Å². The maximum atomic E-state index is 12.1. The van der Waals surface area contributed by atoms with Crippen molar-refractivity contribution in [2.24, 2.45) is 5.92 Å². The van der Waals surface area contributed by atoms with Crippen LogP contribution in [0.15, 0.2) is 24.3 Å². The zero-order valence-electron chi connectivity index (χ0n) is 12.8. The van der Waals surface area contributed by atoms with Crippen LogP contribution in [0, 0.1) is 12.8 Å². The van der Waals surface area contributed by atoms with E-state index in [9.17, 15) is 9.59 Å². The summed E-state index contributed by atoms with van der Waals surface area (Å²) in [4.78, 5) is 25.1. The lowest BCUT2D eigenvalue weighted by Gasteiger charge is -2.21. The van der Waals surface area contributed by atoms with Crippen molar-refractivity contribution in [2.45, 2.75) is 13.5 Å². The van der Waals surface area contributed by atoms with Crippen LogP contribution in [0.5, 0.6) is 0 Å². The molecule has 1 aliphatic rings. The number of carbonyl (C=O) groups excluding carboxylic acids is 1. The Kier molecular flexibility index (Phi) is 5.91. The summed E-state index contributed by atoms with van der Waals surface area (Å²) in [5, 5.41) is 15.1. The standard InChI is InChI=1S/C16H23N3O3/c1-12-4-2-3-5-13(12)9-18-15(20)11-19-7-6-17-8-14(10-19)16(21)22/h2-5,14,17H,6-11H2,1H3,(H,18,20)(H,21,22). The fourth-order valence-corrected chi connectivity index (χ4v) is 2.55. The van der Waals surface area contributed by atoms with Gasteiger partial charge >= 0.3 is 5.97 Å². The number of amides is 1. The molecule has 3 N–H and O–H groups in total. The Morgan fingerprint density at radius 2 is 2.18 bits per heavy atom. The molecule has 0 aromatic heterocycles. The second-order valence-electron chi connectivity index (χ2n) is 5.68. The normalized spacial score (nSPS) is 19.4. The maximum Gasteiger partial charge on any atom is 0.309 e. The second-order valence-corrected chi connectivity index (χ2v) is 5.68. The maximum absolute atomic E-state index is 12.1. The van der Waals surface area contributed by atoms with Crippen LogP contribution in [-0.4, -0.2) is 54.6 Å². The lowest BCUT2D eigenvalue weighted by molar-refractivity contribution is -0.142. The molecule has 6 heteroatoms. The summed E-state index contributed by atoms with van der Waals surface area (Å²) in [6.45, 7) is 4.99. The molecule has 1 unspecified atom stereocenters. The van der Waals surface area contributed by atoms with Crippen molar-refractivity contribution in [3.63, 3.8) is 0 Å². The third-order valence-corrected chi connectivity index (χ3v) is 3.93. The second kappa shape index (κ2) is 7.91. The lowest BCUT2D eigenvalue weighted by Crippen LogP contribution is -2.41. The molecule has 0 saturated carbocycles. The summed E-state index contributed by atoms with van der Waals surface area (Å²) < 4.78 is 0. The molecule has 1 atom stereocenters. The molecule has 1 aromatic rings. The van der Waals surface area contributed by atoms with Gasteiger partial charge in [0.2, 0.25) is 5.91 Å². The minimum Gasteiger partial charge on any atom is -0.481 e. The molecule has 6 nitrogen and oxygen atoms in total. The fourth-order valence-electron chi connectivity index (χ4n) is 2.55. The lowest BCUT2D eigenvalue weighted by atomic mass is 10.1. The molecule has 1 amide bonds. The number of carboxylic acids is 1. The van der Waals surface area contributed by atoms with Gasteiger partial charge in [0.15, 0.2) is 0 Å². The van der Waals surface area contributed by atoms with Crippen molar-refractivity contribution in [2.75, 3.05) is 32.7 Å². The fraction of sp³-hybridized carbons (Fsp3) is 0.500. The third-order valence-electron chi connectivity index (χ3n) is 3.93. The molecule has 1 fully saturated rings. The summed E-state index contributed by atoms with van der Waals surface area (Å²) in [6.07, 6.45) is 0. The highest BCUT2D eigenvalue weighted by molar-refractivity contribution is 5.78. The average molecular weight is 305 g/mol. The molecule has 0 radical (unpaired) electrons. The number of hydrogen-bond donors (Lipinski definition) is 3. The number of carbonyl (C=O) groups is 2. The van der Waals surface area contributed by atoms with E-state index in [0.29, 0.717) is 32.7 Å². The summed E-state index contributed by atoms with van der Waals surface area (Å²) in [7, 11) is 0. The SMILES string of the molecule is Cc1ccccc1CNC(=O)CN1CCNCC(C(=O)O)C1. The Morgan fingerprint density at radius 1 is 1.41 bits per heavy atom. The monoisotopic (exact) mass is 305 g/mol. The van der Waals surface area contributed by atoms with E-state index < -0.39 is 11.9 Å². The molecule has 1 aliphatic heterocycles. The van der Waals surface area contributed by atoms with Crippen LogP contribution in [0.4, 0.5) is 0 Å². The van der Waals surface area contributed by atoms with Crippen molar-refractivity contribution in [3.8, 4) is 0 Å². The summed E-state index contributed by atoms with van der Waals surface area (Å²) in [5.41, 5.74) is 2.24. The Bertz CT molecular complexity index is 533. The van der Waals surface area contributed by atoms with E-state index >= 15 is 0 Å². The van der Waals surface area contributed by atoms with E-state index in [4.69, 9.17) is 5.11 Å². The number of benzene rings is 1. The molecular weight excluding hydrogens is 282 g/mol. The first-order chi connectivity index (χ1) is 10.6. The molecule has 0 bridgehead atoms. The van der Waals surface area contributed by atoms with Crippen LogP contribution in [0.3, 0.4) is 0 Å². The number of nitrogens with zero attached hydrogens (tertiary/aromatic N) is 1. The van der Waals surface area contributed by atoms with Crippen LogP contribution in [-0.2, 0) is 16.1 Å². The van der Waals surface area contributed by atoms with E-state index in [1.807, 2.05) is 36.1 Å². The van der Waals surface area contributed by atoms with E-state index in [0.717, 1.165) is 11.1 Å². The highest BCUT2D eigenvalue weighted by Crippen LogP contribution is 2.07. The molecule has 1 saturated heterocycles. The Balaban J connectivity index is 1.83. The third kappa shape index (κ3) is 4.82. The number of aryl methyl sites for hydroxylation is 1. The van der Waals surface area contributed by atoms with Gasteiger partial charge < -0.3 is 15.7 Å². The highest BCUT2D eigenvalue weighted by Gasteiger charge is 2.24. The van der Waals surface area contributed by atoms with Gasteiger partial charge in [0.1, 0.15) is 0 Å². The first kappa shape index (κ1) is 16.5. The molecule has 2 rings (SSSR count). The molecule has 120 valence electrons. The summed E-state index contributed by atoms with van der Waals surface area (Å²) >= 11 is 0. The van der Waals surface area contributed by atoms with Crippen LogP contribution < -0.4 is 10.6 Å². The molecule has 0 aliphatic carbocycles. The predicted molar refractivity (Wildman–Crippen MR) is 83.5 cm³/mol. The summed E-state index contributed by atoms with van der Waals surface area (Å²) in [6, 6.07) is 7.93. The Labute approximate surface area is 130 Å². The smallest absolute Gasteiger partial charge is 0.309 e. The average Bonchev–Trinajstić information content (AvgIpc) is 2.72. The van der Waals surface area contributed by atoms with E-state index in [-0.39, 0.29) is 12.5 Å². The minimum atomic E-state index is -0.820. The number of rotatable bonds is 5. The van der Waals surface area contributed by atoms with Crippen molar-refractivity contribution in [1.29, 1.82) is 0 Å². The van der Waals surface area contributed by atoms with Gasteiger partial charge in [-0.2, -0.15) is 0 Å². The summed E-state index contributed by atoms with van der Waals surface area (Å²) in [5.74, 6) is -1.36. The molecule has 0 spiro atoms. The first-order valence-corrected chi connectivity index (χ1v) is 7.53. The van der Waals surface area contributed by atoms with Gasteiger partial charge in [-0.05, 0) is 18.1 Å². The predicted octanol–water partition coefficient (Wildman–Crippen LogP) is 0.217. The Morgan fingerprint density at radius 3 is 2.91 bits per heavy atom. The molecular formula is C16H23N3O3. The number of carboxylic acid groups (broad SMARTS) is 1. The van der Waals surface area contributed by atoms with Gasteiger partial charge in [-0.3, -0.25) is 14.5 Å². The van der Waals surface area contributed by atoms with Crippen molar-refractivity contribution >= 4 is 11.9 Å². The molecule has 22 heavy (non-hydrogen) atoms. The van der Waals surface area contributed by atoms with Gasteiger partial charge in [-0.1, -0.05) is 24.3 Å². The molecule has 1 heterocycles. The number of nitrogens with one attached hydrogen (secondary N) is 2. The topological polar surface area (TPSA) is 81.7 Å². The van der Waals surface area contributed by atoms with Crippen LogP contribution in [0.1, 0.15) is 11.1 Å². The van der Waals surface area contributed by atoms with Crippen LogP contribution in [0.25, 0.3) is 0 Å². The molecule has 1 aromatic carbocycles. The number of hydrogen-bond acceptors (Lipinski definition) is 4. The number of aliphatic carboxylic acids is 1. The van der Waals surface area contributed by atoms with Gasteiger partial charge in [-0.25, -0.2) is 0 Å². The van der Waals surface area contributed by atoms with Gasteiger partial charge in [0.25, 0.3) is 0 Å². The largest absolute Gasteiger partial charge is 0.481 e. The van der Waals surface area contributed by atoms with Crippen molar-refractivity contribution < 1.29 is 14.7 Å². The minimum absolute atomic E-state index is 0.0747. The highest BCUT2D eigenvalue weighted by atomic mass is 16.4. The zero-order valence-corrected chi connectivity index (χ0v) is 12.8. The van der Waals surface area contributed by atoms with Gasteiger partial charge in [-0.15, -0.1) is 0 Å². The van der Waals surface area contributed by atoms with Crippen molar-refractivity contribution in [1.82, 2.24) is 15.5 Å². The van der Waals surface area contributed by atoms with Gasteiger partial charge in [0, 0.05) is 32.7 Å². The first-order valence-electron chi connectivity index (χ1n) is 7.53. The van der Waals surface area contributed by atoms with Gasteiger partial charge in [0.05, 0.1) is 12.5 Å². The van der Waals surface area contributed by atoms with Crippen LogP contribution in [0.2, 0.25) is 0 Å².